The lowest BCUT2D eigenvalue weighted by atomic mass is 10.0. The molecule has 0 bridgehead atoms. The van der Waals surface area contributed by atoms with Crippen molar-refractivity contribution in [1.29, 1.82) is 0 Å². The Bertz CT molecular complexity index is 1360. The fourth-order valence-electron chi connectivity index (χ4n) is 3.23. The number of hydrogen-bond donors (Lipinski definition) is 1. The van der Waals surface area contributed by atoms with Gasteiger partial charge in [0.1, 0.15) is 22.2 Å². The normalized spacial score (nSPS) is 10.5. The minimum absolute atomic E-state index is 0.104. The molecule has 1 aromatic heterocycles. The van der Waals surface area contributed by atoms with Gasteiger partial charge in [-0.25, -0.2) is 4.39 Å². The maximum absolute atomic E-state index is 13.8. The molecule has 166 valence electrons. The Morgan fingerprint density at radius 1 is 1.06 bits per heavy atom. The molecule has 1 heterocycles. The highest BCUT2D eigenvalue weighted by Gasteiger charge is 2.23. The molecule has 3 aromatic carbocycles. The van der Waals surface area contributed by atoms with Crippen molar-refractivity contribution in [3.63, 3.8) is 0 Å². The fraction of sp³-hybridized carbons (Fsp3) is 0.0769. The molecule has 0 spiro atoms. The van der Waals surface area contributed by atoms with E-state index in [4.69, 9.17) is 14.3 Å². The molecule has 0 fully saturated rings. The van der Waals surface area contributed by atoms with Crippen molar-refractivity contribution in [2.75, 3.05) is 0 Å². The van der Waals surface area contributed by atoms with E-state index in [1.165, 1.54) is 23.5 Å². The second-order valence-corrected chi connectivity index (χ2v) is 8.04. The maximum Gasteiger partial charge on any atom is 0.373 e. The minimum Gasteiger partial charge on any atom is -0.508 e. The molecule has 0 aliphatic rings. The number of thiophene rings is 1. The first kappa shape index (κ1) is 23.6. The van der Waals surface area contributed by atoms with Crippen molar-refractivity contribution in [2.24, 2.45) is 0 Å². The number of hydrogen-bond acceptors (Lipinski definition) is 6. The third-order valence-electron chi connectivity index (χ3n) is 4.74. The van der Waals surface area contributed by atoms with Crippen LogP contribution in [-0.2, 0) is 9.59 Å². The van der Waals surface area contributed by atoms with E-state index in [9.17, 15) is 14.3 Å². The summed E-state index contributed by atoms with van der Waals surface area (Å²) in [4.78, 5) is 29.9. The molecule has 0 aliphatic heterocycles. The van der Waals surface area contributed by atoms with E-state index < -0.39 is 5.82 Å². The van der Waals surface area contributed by atoms with Gasteiger partial charge in [0, 0.05) is 15.6 Å². The van der Waals surface area contributed by atoms with Gasteiger partial charge in [-0.2, -0.15) is 9.59 Å². The van der Waals surface area contributed by atoms with E-state index in [0.717, 1.165) is 5.56 Å². The van der Waals surface area contributed by atoms with Crippen LogP contribution in [0.25, 0.3) is 16.2 Å². The molecule has 7 heteroatoms. The molecular weight excluding hydrogens is 443 g/mol. The summed E-state index contributed by atoms with van der Waals surface area (Å²) in [5.41, 5.74) is 2.01. The monoisotopic (exact) mass is 462 g/mol. The molecule has 33 heavy (non-hydrogen) atoms. The predicted octanol–water partition coefficient (Wildman–Crippen LogP) is 6.53. The number of aromatic hydroxyl groups is 1. The summed E-state index contributed by atoms with van der Waals surface area (Å²) in [6.45, 7) is 3.72. The van der Waals surface area contributed by atoms with Crippen molar-refractivity contribution in [1.82, 2.24) is 0 Å². The Morgan fingerprint density at radius 2 is 1.76 bits per heavy atom. The van der Waals surface area contributed by atoms with Gasteiger partial charge in [0.25, 0.3) is 0 Å². The van der Waals surface area contributed by atoms with Crippen molar-refractivity contribution in [3.05, 3.63) is 94.1 Å². The summed E-state index contributed by atoms with van der Waals surface area (Å²) < 4.78 is 20.7. The molecule has 4 rings (SSSR count). The number of phenols is 1. The number of fused-ring (bicyclic) bond motifs is 1. The summed E-state index contributed by atoms with van der Waals surface area (Å²) in [7, 11) is 0. The highest BCUT2D eigenvalue weighted by atomic mass is 32.1. The summed E-state index contributed by atoms with van der Waals surface area (Å²) in [6, 6.07) is 16.6. The Kier molecular flexibility index (Phi) is 7.51. The first-order valence-corrected chi connectivity index (χ1v) is 10.7. The standard InChI is InChI=1S/C25H19FO3S.CO2/c1-3-4-16-6-10-19(11-7-16)29-24-20-12-9-18(27)14-22(20)30-25(24)23(28)21-13-17(26)8-5-15(21)2;2-1-3/h3-14,27H,1-2H3;/b4-3+;. The number of rotatable bonds is 5. The van der Waals surface area contributed by atoms with Gasteiger partial charge >= 0.3 is 6.15 Å². The SMILES string of the molecule is C/C=C/c1ccc(Oc2c(C(=O)c3cc(F)ccc3C)sc3cc(O)ccc23)cc1.O=C=O. The lowest BCUT2D eigenvalue weighted by Crippen LogP contribution is -2.04. The zero-order valence-electron chi connectivity index (χ0n) is 17.8. The van der Waals surface area contributed by atoms with Gasteiger partial charge in [0.15, 0.2) is 5.75 Å². The average molecular weight is 462 g/mol. The van der Waals surface area contributed by atoms with Crippen molar-refractivity contribution < 1.29 is 28.6 Å². The molecular formula is C26H19FO5S. The molecule has 0 amide bonds. The van der Waals surface area contributed by atoms with Crippen LogP contribution in [0, 0.1) is 12.7 Å². The quantitative estimate of drug-likeness (QED) is 0.341. The highest BCUT2D eigenvalue weighted by molar-refractivity contribution is 7.21. The van der Waals surface area contributed by atoms with Crippen molar-refractivity contribution >= 4 is 39.4 Å². The van der Waals surface area contributed by atoms with Gasteiger partial charge < -0.3 is 9.84 Å². The zero-order chi connectivity index (χ0) is 24.0. The lowest BCUT2D eigenvalue weighted by Gasteiger charge is -2.09. The second kappa shape index (κ2) is 10.5. The summed E-state index contributed by atoms with van der Waals surface area (Å²) in [5, 5.41) is 10.6. The molecule has 0 aliphatic carbocycles. The van der Waals surface area contributed by atoms with E-state index >= 15 is 0 Å². The number of phenolic OH excluding ortho intramolecular Hbond substituents is 1. The van der Waals surface area contributed by atoms with Gasteiger partial charge in [-0.05, 0) is 67.4 Å². The molecule has 5 nitrogen and oxygen atoms in total. The number of benzene rings is 3. The molecule has 0 radical (unpaired) electrons. The molecule has 0 atom stereocenters. The first-order valence-electron chi connectivity index (χ1n) is 9.84. The topological polar surface area (TPSA) is 80.7 Å². The zero-order valence-corrected chi connectivity index (χ0v) is 18.6. The third-order valence-corrected chi connectivity index (χ3v) is 5.87. The van der Waals surface area contributed by atoms with Crippen LogP contribution in [0.5, 0.6) is 17.2 Å². The minimum atomic E-state index is -0.468. The van der Waals surface area contributed by atoms with E-state index in [2.05, 4.69) is 0 Å². The largest absolute Gasteiger partial charge is 0.508 e. The van der Waals surface area contributed by atoms with E-state index in [1.807, 2.05) is 43.3 Å². The van der Waals surface area contributed by atoms with Crippen LogP contribution in [0.3, 0.4) is 0 Å². The number of halogens is 1. The van der Waals surface area contributed by atoms with Crippen LogP contribution in [-0.4, -0.2) is 17.0 Å². The fourth-order valence-corrected chi connectivity index (χ4v) is 4.35. The Labute approximate surface area is 193 Å². The van der Waals surface area contributed by atoms with Crippen LogP contribution in [0.2, 0.25) is 0 Å². The first-order chi connectivity index (χ1) is 15.9. The summed E-state index contributed by atoms with van der Waals surface area (Å²) in [6.07, 6.45) is 4.18. The predicted molar refractivity (Wildman–Crippen MR) is 124 cm³/mol. The van der Waals surface area contributed by atoms with Crippen LogP contribution < -0.4 is 4.74 Å². The molecule has 0 saturated carbocycles. The number of carbonyl (C=O) groups excluding carboxylic acids is 3. The summed E-state index contributed by atoms with van der Waals surface area (Å²) in [5.74, 6) is 0.313. The van der Waals surface area contributed by atoms with Crippen LogP contribution in [0.15, 0.2) is 66.7 Å². The Hall–Kier alpha value is -4.06. The van der Waals surface area contributed by atoms with Crippen LogP contribution in [0.1, 0.15) is 33.3 Å². The van der Waals surface area contributed by atoms with Crippen molar-refractivity contribution in [2.45, 2.75) is 13.8 Å². The van der Waals surface area contributed by atoms with Gasteiger partial charge in [-0.3, -0.25) is 4.79 Å². The summed E-state index contributed by atoms with van der Waals surface area (Å²) >= 11 is 1.22. The number of carbonyl (C=O) groups is 1. The maximum atomic E-state index is 13.8. The van der Waals surface area contributed by atoms with Gasteiger partial charge in [-0.15, -0.1) is 11.3 Å². The van der Waals surface area contributed by atoms with Gasteiger partial charge in [0.05, 0.1) is 0 Å². The molecule has 0 unspecified atom stereocenters. The number of ketones is 1. The Balaban J connectivity index is 0.000000968. The molecule has 4 aromatic rings. The number of ether oxygens (including phenoxy) is 1. The lowest BCUT2D eigenvalue weighted by molar-refractivity contribution is -0.191. The van der Waals surface area contributed by atoms with E-state index in [-0.39, 0.29) is 17.7 Å². The van der Waals surface area contributed by atoms with E-state index in [0.29, 0.717) is 37.6 Å². The Morgan fingerprint density at radius 3 is 2.42 bits per heavy atom. The molecule has 1 N–H and O–H groups in total. The van der Waals surface area contributed by atoms with Crippen LogP contribution in [0.4, 0.5) is 4.39 Å². The smallest absolute Gasteiger partial charge is 0.373 e. The average Bonchev–Trinajstić information content (AvgIpc) is 3.14. The second-order valence-electron chi connectivity index (χ2n) is 6.98. The molecule has 0 saturated heterocycles. The third kappa shape index (κ3) is 5.41. The van der Waals surface area contributed by atoms with Crippen molar-refractivity contribution in [3.8, 4) is 17.2 Å². The number of allylic oxidation sites excluding steroid dienone is 1. The number of aryl methyl sites for hydroxylation is 1. The highest BCUT2D eigenvalue weighted by Crippen LogP contribution is 2.43. The van der Waals surface area contributed by atoms with Crippen LogP contribution >= 0.6 is 11.3 Å². The van der Waals surface area contributed by atoms with Gasteiger partial charge in [0.2, 0.25) is 5.78 Å². The van der Waals surface area contributed by atoms with Gasteiger partial charge in [-0.1, -0.05) is 30.4 Å². The van der Waals surface area contributed by atoms with E-state index in [1.54, 1.807) is 31.2 Å².